The summed E-state index contributed by atoms with van der Waals surface area (Å²) in [7, 11) is 1.64. The maximum absolute atomic E-state index is 10.8. The fourth-order valence-corrected chi connectivity index (χ4v) is 2.42. The summed E-state index contributed by atoms with van der Waals surface area (Å²) in [4.78, 5) is 0. The average molecular weight is 236 g/mol. The molecule has 0 heterocycles. The molecule has 96 valence electrons. The van der Waals surface area contributed by atoms with Crippen molar-refractivity contribution in [2.24, 2.45) is 5.92 Å². The standard InChI is InChI=1S/C15H24O2/c1-4-8-13(2)11-15(16,12-17-3)14-9-6-5-7-10-14/h5-7,9-10,13,16H,4,8,11-12H2,1-3H3. The van der Waals surface area contributed by atoms with Crippen molar-refractivity contribution in [3.8, 4) is 0 Å². The topological polar surface area (TPSA) is 29.5 Å². The summed E-state index contributed by atoms with van der Waals surface area (Å²) in [6.07, 6.45) is 3.04. The quantitative estimate of drug-likeness (QED) is 0.786. The molecule has 1 aromatic carbocycles. The molecule has 0 saturated heterocycles. The van der Waals surface area contributed by atoms with Crippen LogP contribution in [0.1, 0.15) is 38.7 Å². The Kier molecular flexibility index (Phi) is 5.66. The van der Waals surface area contributed by atoms with Crippen molar-refractivity contribution < 1.29 is 9.84 Å². The normalized spacial score (nSPS) is 16.5. The first-order valence-electron chi connectivity index (χ1n) is 6.39. The van der Waals surface area contributed by atoms with Crippen LogP contribution in [0, 0.1) is 5.92 Å². The van der Waals surface area contributed by atoms with Gasteiger partial charge in [-0.1, -0.05) is 57.0 Å². The summed E-state index contributed by atoms with van der Waals surface area (Å²) in [5, 5.41) is 10.8. The lowest BCUT2D eigenvalue weighted by molar-refractivity contribution is -0.0522. The summed E-state index contributed by atoms with van der Waals surface area (Å²) in [5.74, 6) is 0.500. The van der Waals surface area contributed by atoms with Crippen LogP contribution in [0.2, 0.25) is 0 Å². The van der Waals surface area contributed by atoms with E-state index >= 15 is 0 Å². The van der Waals surface area contributed by atoms with Crippen LogP contribution in [0.15, 0.2) is 30.3 Å². The zero-order valence-electron chi connectivity index (χ0n) is 11.1. The van der Waals surface area contributed by atoms with Crippen molar-refractivity contribution in [1.82, 2.24) is 0 Å². The van der Waals surface area contributed by atoms with Crippen LogP contribution in [-0.4, -0.2) is 18.8 Å². The highest BCUT2D eigenvalue weighted by molar-refractivity contribution is 5.22. The van der Waals surface area contributed by atoms with E-state index in [0.717, 1.165) is 24.8 Å². The van der Waals surface area contributed by atoms with Crippen molar-refractivity contribution in [1.29, 1.82) is 0 Å². The van der Waals surface area contributed by atoms with Crippen molar-refractivity contribution in [3.63, 3.8) is 0 Å². The summed E-state index contributed by atoms with van der Waals surface area (Å²) in [6, 6.07) is 9.82. The van der Waals surface area contributed by atoms with E-state index in [0.29, 0.717) is 12.5 Å². The Hall–Kier alpha value is -0.860. The second-order valence-electron chi connectivity index (χ2n) is 4.93. The van der Waals surface area contributed by atoms with E-state index in [-0.39, 0.29) is 0 Å². The highest BCUT2D eigenvalue weighted by Gasteiger charge is 2.30. The second-order valence-corrected chi connectivity index (χ2v) is 4.93. The Labute approximate surface area is 105 Å². The number of hydrogen-bond acceptors (Lipinski definition) is 2. The van der Waals surface area contributed by atoms with E-state index in [2.05, 4.69) is 13.8 Å². The lowest BCUT2D eigenvalue weighted by Gasteiger charge is -2.30. The van der Waals surface area contributed by atoms with Gasteiger partial charge in [-0.3, -0.25) is 0 Å². The van der Waals surface area contributed by atoms with Gasteiger partial charge in [0, 0.05) is 7.11 Å². The Balaban J connectivity index is 2.82. The molecule has 17 heavy (non-hydrogen) atoms. The van der Waals surface area contributed by atoms with Crippen molar-refractivity contribution in [2.75, 3.05) is 13.7 Å². The first-order chi connectivity index (χ1) is 8.12. The highest BCUT2D eigenvalue weighted by atomic mass is 16.5. The van der Waals surface area contributed by atoms with Crippen molar-refractivity contribution in [3.05, 3.63) is 35.9 Å². The SMILES string of the molecule is CCCC(C)CC(O)(COC)c1ccccc1. The molecule has 0 spiro atoms. The maximum atomic E-state index is 10.8. The molecule has 2 nitrogen and oxygen atoms in total. The van der Waals surface area contributed by atoms with Crippen LogP contribution >= 0.6 is 0 Å². The molecule has 0 amide bonds. The van der Waals surface area contributed by atoms with Gasteiger partial charge in [0.25, 0.3) is 0 Å². The number of hydrogen-bond donors (Lipinski definition) is 1. The van der Waals surface area contributed by atoms with Gasteiger partial charge >= 0.3 is 0 Å². The fraction of sp³-hybridized carbons (Fsp3) is 0.600. The van der Waals surface area contributed by atoms with Crippen LogP contribution in [-0.2, 0) is 10.3 Å². The molecule has 2 unspecified atom stereocenters. The molecule has 0 aromatic heterocycles. The van der Waals surface area contributed by atoms with E-state index in [1.807, 2.05) is 30.3 Å². The van der Waals surface area contributed by atoms with Crippen LogP contribution in [0.25, 0.3) is 0 Å². The molecule has 0 bridgehead atoms. The van der Waals surface area contributed by atoms with Gasteiger partial charge < -0.3 is 9.84 Å². The van der Waals surface area contributed by atoms with E-state index in [1.165, 1.54) is 0 Å². The van der Waals surface area contributed by atoms with Gasteiger partial charge in [-0.25, -0.2) is 0 Å². The molecule has 0 radical (unpaired) electrons. The Bertz CT molecular complexity index is 310. The van der Waals surface area contributed by atoms with E-state index in [1.54, 1.807) is 7.11 Å². The third-order valence-electron chi connectivity index (χ3n) is 3.16. The minimum atomic E-state index is -0.857. The molecule has 1 aromatic rings. The highest BCUT2D eigenvalue weighted by Crippen LogP contribution is 2.30. The van der Waals surface area contributed by atoms with Crippen molar-refractivity contribution >= 4 is 0 Å². The number of rotatable bonds is 7. The molecule has 0 fully saturated rings. The van der Waals surface area contributed by atoms with Gasteiger partial charge in [0.1, 0.15) is 5.60 Å². The molecule has 0 aliphatic carbocycles. The predicted molar refractivity (Wildman–Crippen MR) is 70.9 cm³/mol. The first-order valence-corrected chi connectivity index (χ1v) is 6.39. The molecule has 1 N–H and O–H groups in total. The number of methoxy groups -OCH3 is 1. The minimum absolute atomic E-state index is 0.352. The first kappa shape index (κ1) is 14.2. The van der Waals surface area contributed by atoms with Crippen LogP contribution in [0.5, 0.6) is 0 Å². The van der Waals surface area contributed by atoms with Gasteiger partial charge in [0.2, 0.25) is 0 Å². The third-order valence-corrected chi connectivity index (χ3v) is 3.16. The lowest BCUT2D eigenvalue weighted by atomic mass is 9.84. The van der Waals surface area contributed by atoms with E-state index in [4.69, 9.17) is 4.74 Å². The fourth-order valence-electron chi connectivity index (χ4n) is 2.42. The van der Waals surface area contributed by atoms with E-state index in [9.17, 15) is 5.11 Å². The third kappa shape index (κ3) is 4.14. The lowest BCUT2D eigenvalue weighted by Crippen LogP contribution is -2.33. The van der Waals surface area contributed by atoms with Gasteiger partial charge in [-0.15, -0.1) is 0 Å². The second kappa shape index (κ2) is 6.77. The van der Waals surface area contributed by atoms with E-state index < -0.39 is 5.60 Å². The van der Waals surface area contributed by atoms with Crippen LogP contribution in [0.4, 0.5) is 0 Å². The maximum Gasteiger partial charge on any atom is 0.113 e. The monoisotopic (exact) mass is 236 g/mol. The Morgan fingerprint density at radius 3 is 2.47 bits per heavy atom. The van der Waals surface area contributed by atoms with Crippen LogP contribution < -0.4 is 0 Å². The number of aliphatic hydroxyl groups is 1. The zero-order valence-corrected chi connectivity index (χ0v) is 11.1. The van der Waals surface area contributed by atoms with Crippen molar-refractivity contribution in [2.45, 2.75) is 38.7 Å². The van der Waals surface area contributed by atoms with Gasteiger partial charge in [-0.2, -0.15) is 0 Å². The number of ether oxygens (including phenoxy) is 1. The summed E-state index contributed by atoms with van der Waals surface area (Å²) in [5.41, 5.74) is 0.0923. The summed E-state index contributed by atoms with van der Waals surface area (Å²) < 4.78 is 5.19. The largest absolute Gasteiger partial charge is 0.383 e. The predicted octanol–water partition coefficient (Wildman–Crippen LogP) is 3.35. The summed E-state index contributed by atoms with van der Waals surface area (Å²) >= 11 is 0. The zero-order chi connectivity index (χ0) is 12.7. The number of benzene rings is 1. The van der Waals surface area contributed by atoms with Gasteiger partial charge in [-0.05, 0) is 17.9 Å². The van der Waals surface area contributed by atoms with Gasteiger partial charge in [0.05, 0.1) is 6.61 Å². The molecule has 2 heteroatoms. The smallest absolute Gasteiger partial charge is 0.113 e. The molecular formula is C15H24O2. The minimum Gasteiger partial charge on any atom is -0.383 e. The summed E-state index contributed by atoms with van der Waals surface area (Å²) in [6.45, 7) is 4.71. The molecule has 1 rings (SSSR count). The molecule has 0 saturated carbocycles. The Morgan fingerprint density at radius 2 is 1.94 bits per heavy atom. The van der Waals surface area contributed by atoms with Crippen LogP contribution in [0.3, 0.4) is 0 Å². The molecule has 0 aliphatic heterocycles. The molecule has 0 aliphatic rings. The Morgan fingerprint density at radius 1 is 1.29 bits per heavy atom. The average Bonchev–Trinajstić information content (AvgIpc) is 2.30. The molecular weight excluding hydrogens is 212 g/mol. The molecule has 2 atom stereocenters. The van der Waals surface area contributed by atoms with Gasteiger partial charge in [0.15, 0.2) is 0 Å².